The molecule has 0 bridgehead atoms. The van der Waals surface area contributed by atoms with E-state index in [0.717, 1.165) is 23.7 Å². The maximum Gasteiger partial charge on any atom is 0.416 e. The van der Waals surface area contributed by atoms with Crippen LogP contribution in [0.3, 0.4) is 0 Å². The van der Waals surface area contributed by atoms with Crippen LogP contribution in [0.25, 0.3) is 0 Å². The Hall–Kier alpha value is -1.47. The van der Waals surface area contributed by atoms with E-state index in [-0.39, 0.29) is 6.04 Å². The van der Waals surface area contributed by atoms with Gasteiger partial charge in [-0.15, -0.1) is 5.10 Å². The summed E-state index contributed by atoms with van der Waals surface area (Å²) in [7, 11) is 1.67. The van der Waals surface area contributed by atoms with Crippen molar-refractivity contribution in [1.82, 2.24) is 14.9 Å². The minimum Gasteiger partial charge on any atom is -0.308 e. The summed E-state index contributed by atoms with van der Waals surface area (Å²) in [6, 6.07) is 4.82. The van der Waals surface area contributed by atoms with Crippen LogP contribution in [-0.2, 0) is 6.18 Å². The van der Waals surface area contributed by atoms with Crippen LogP contribution >= 0.6 is 11.5 Å². The molecule has 7 heteroatoms. The van der Waals surface area contributed by atoms with Crippen molar-refractivity contribution in [2.24, 2.45) is 0 Å². The number of aromatic nitrogens is 2. The molecule has 1 atom stereocenters. The molecule has 18 heavy (non-hydrogen) atoms. The standard InChI is InChI=1S/C11H10F3N3S/c1-15-10(9-6-18-17-16-9)7-3-2-4-8(5-7)11(12,13)14/h2-6,10,15H,1H3. The second-order valence-electron chi connectivity index (χ2n) is 3.67. The monoisotopic (exact) mass is 273 g/mol. The number of hydrogen-bond donors (Lipinski definition) is 1. The van der Waals surface area contributed by atoms with Gasteiger partial charge in [0.15, 0.2) is 0 Å². The smallest absolute Gasteiger partial charge is 0.308 e. The zero-order chi connectivity index (χ0) is 13.2. The molecule has 0 aliphatic rings. The molecule has 2 rings (SSSR count). The Morgan fingerprint density at radius 1 is 1.33 bits per heavy atom. The van der Waals surface area contributed by atoms with Crippen LogP contribution in [0.1, 0.15) is 22.9 Å². The zero-order valence-electron chi connectivity index (χ0n) is 9.40. The van der Waals surface area contributed by atoms with E-state index in [1.54, 1.807) is 18.5 Å². The summed E-state index contributed by atoms with van der Waals surface area (Å²) in [6.07, 6.45) is -4.34. The predicted molar refractivity (Wildman–Crippen MR) is 62.3 cm³/mol. The van der Waals surface area contributed by atoms with Crippen molar-refractivity contribution in [2.75, 3.05) is 7.05 Å². The van der Waals surface area contributed by atoms with Gasteiger partial charge in [-0.25, -0.2) is 0 Å². The molecular weight excluding hydrogens is 263 g/mol. The maximum atomic E-state index is 12.6. The van der Waals surface area contributed by atoms with E-state index in [9.17, 15) is 13.2 Å². The van der Waals surface area contributed by atoms with E-state index in [0.29, 0.717) is 11.3 Å². The van der Waals surface area contributed by atoms with Gasteiger partial charge in [0, 0.05) is 5.38 Å². The van der Waals surface area contributed by atoms with E-state index >= 15 is 0 Å². The molecule has 96 valence electrons. The van der Waals surface area contributed by atoms with E-state index in [4.69, 9.17) is 0 Å². The molecule has 3 nitrogen and oxygen atoms in total. The van der Waals surface area contributed by atoms with Crippen molar-refractivity contribution in [3.63, 3.8) is 0 Å². The number of alkyl halides is 3. The first-order valence-corrected chi connectivity index (χ1v) is 5.97. The number of rotatable bonds is 3. The Morgan fingerprint density at radius 2 is 2.11 bits per heavy atom. The average molecular weight is 273 g/mol. The second kappa shape index (κ2) is 5.03. The van der Waals surface area contributed by atoms with Gasteiger partial charge < -0.3 is 5.32 Å². The fraction of sp³-hybridized carbons (Fsp3) is 0.273. The minimum atomic E-state index is -4.34. The molecular formula is C11H10F3N3S. The van der Waals surface area contributed by atoms with Gasteiger partial charge in [-0.2, -0.15) is 13.2 Å². The van der Waals surface area contributed by atoms with Crippen molar-refractivity contribution in [3.8, 4) is 0 Å². The van der Waals surface area contributed by atoms with Crippen molar-refractivity contribution in [2.45, 2.75) is 12.2 Å². The lowest BCUT2D eigenvalue weighted by molar-refractivity contribution is -0.137. The number of halogens is 3. The van der Waals surface area contributed by atoms with E-state index in [2.05, 4.69) is 14.9 Å². The van der Waals surface area contributed by atoms with Crippen molar-refractivity contribution < 1.29 is 13.2 Å². The normalized spacial score (nSPS) is 13.6. The van der Waals surface area contributed by atoms with Crippen LogP contribution in [0.2, 0.25) is 0 Å². The topological polar surface area (TPSA) is 37.8 Å². The molecule has 1 unspecified atom stereocenters. The van der Waals surface area contributed by atoms with Crippen LogP contribution in [-0.4, -0.2) is 16.6 Å². The van der Waals surface area contributed by atoms with Gasteiger partial charge >= 0.3 is 6.18 Å². The molecule has 0 amide bonds. The summed E-state index contributed by atoms with van der Waals surface area (Å²) in [5, 5.41) is 8.53. The molecule has 2 aromatic rings. The second-order valence-corrected chi connectivity index (χ2v) is 4.28. The van der Waals surface area contributed by atoms with Crippen LogP contribution in [0.4, 0.5) is 13.2 Å². The number of nitrogens with one attached hydrogen (secondary N) is 1. The SMILES string of the molecule is CNC(c1cccc(C(F)(F)F)c1)c1csnn1. The summed E-state index contributed by atoms with van der Waals surface area (Å²) in [5.41, 5.74) is 0.463. The van der Waals surface area contributed by atoms with Gasteiger partial charge in [0.25, 0.3) is 0 Å². The summed E-state index contributed by atoms with van der Waals surface area (Å²) in [6.45, 7) is 0. The van der Waals surface area contributed by atoms with Crippen molar-refractivity contribution in [1.29, 1.82) is 0 Å². The molecule has 0 radical (unpaired) electrons. The van der Waals surface area contributed by atoms with Gasteiger partial charge in [0.2, 0.25) is 0 Å². The van der Waals surface area contributed by atoms with Crippen LogP contribution < -0.4 is 5.32 Å². The molecule has 0 spiro atoms. The van der Waals surface area contributed by atoms with Gasteiger partial charge in [0.05, 0.1) is 17.3 Å². The van der Waals surface area contributed by atoms with Gasteiger partial charge in [-0.3, -0.25) is 0 Å². The number of nitrogens with zero attached hydrogens (tertiary/aromatic N) is 2. The summed E-state index contributed by atoms with van der Waals surface area (Å²) < 4.78 is 41.6. The lowest BCUT2D eigenvalue weighted by Gasteiger charge is -2.15. The van der Waals surface area contributed by atoms with E-state index in [1.165, 1.54) is 6.07 Å². The van der Waals surface area contributed by atoms with E-state index in [1.807, 2.05) is 0 Å². The average Bonchev–Trinajstić information content (AvgIpc) is 2.83. The van der Waals surface area contributed by atoms with Gasteiger partial charge in [-0.05, 0) is 36.3 Å². The maximum absolute atomic E-state index is 12.6. The van der Waals surface area contributed by atoms with Crippen LogP contribution in [0.15, 0.2) is 29.6 Å². The third-order valence-electron chi connectivity index (χ3n) is 2.51. The Kier molecular flexibility index (Phi) is 3.63. The third kappa shape index (κ3) is 2.68. The fourth-order valence-corrected chi connectivity index (χ4v) is 2.16. The quantitative estimate of drug-likeness (QED) is 0.934. The molecule has 0 aliphatic carbocycles. The molecule has 0 saturated carbocycles. The lowest BCUT2D eigenvalue weighted by Crippen LogP contribution is -2.19. The molecule has 0 aliphatic heterocycles. The highest BCUT2D eigenvalue weighted by atomic mass is 32.1. The highest BCUT2D eigenvalue weighted by molar-refractivity contribution is 7.03. The zero-order valence-corrected chi connectivity index (χ0v) is 10.2. The minimum absolute atomic E-state index is 0.383. The molecule has 0 fully saturated rings. The molecule has 1 aromatic heterocycles. The first-order chi connectivity index (χ1) is 8.52. The molecule has 0 saturated heterocycles. The summed E-state index contributed by atoms with van der Waals surface area (Å²) in [5.74, 6) is 0. The van der Waals surface area contributed by atoms with Crippen molar-refractivity contribution in [3.05, 3.63) is 46.5 Å². The summed E-state index contributed by atoms with van der Waals surface area (Å²) >= 11 is 1.16. The molecule has 1 aromatic carbocycles. The van der Waals surface area contributed by atoms with E-state index < -0.39 is 11.7 Å². The number of benzene rings is 1. The first-order valence-electron chi connectivity index (χ1n) is 5.13. The van der Waals surface area contributed by atoms with Crippen LogP contribution in [0, 0.1) is 0 Å². The fourth-order valence-electron chi connectivity index (χ4n) is 1.68. The predicted octanol–water partition coefficient (Wildman–Crippen LogP) is 2.87. The summed E-state index contributed by atoms with van der Waals surface area (Å²) in [4.78, 5) is 0. The molecule has 1 heterocycles. The van der Waals surface area contributed by atoms with Crippen molar-refractivity contribution >= 4 is 11.5 Å². The Labute approximate surface area is 106 Å². The number of hydrogen-bond acceptors (Lipinski definition) is 4. The Bertz CT molecular complexity index is 511. The first kappa shape index (κ1) is 13.0. The highest BCUT2D eigenvalue weighted by Gasteiger charge is 2.31. The highest BCUT2D eigenvalue weighted by Crippen LogP contribution is 2.31. The van der Waals surface area contributed by atoms with Gasteiger partial charge in [0.1, 0.15) is 0 Å². The van der Waals surface area contributed by atoms with Gasteiger partial charge in [-0.1, -0.05) is 16.6 Å². The Morgan fingerprint density at radius 3 is 2.67 bits per heavy atom. The lowest BCUT2D eigenvalue weighted by atomic mass is 10.0. The Balaban J connectivity index is 2.38. The third-order valence-corrected chi connectivity index (χ3v) is 3.03. The molecule has 1 N–H and O–H groups in total. The largest absolute Gasteiger partial charge is 0.416 e. The van der Waals surface area contributed by atoms with Crippen LogP contribution in [0.5, 0.6) is 0 Å².